The van der Waals surface area contributed by atoms with Crippen molar-refractivity contribution in [2.45, 2.75) is 13.0 Å². The van der Waals surface area contributed by atoms with E-state index in [9.17, 15) is 9.59 Å². The second kappa shape index (κ2) is 9.28. The smallest absolute Gasteiger partial charge is 0.244 e. The molecule has 0 saturated heterocycles. The van der Waals surface area contributed by atoms with Crippen molar-refractivity contribution in [2.75, 3.05) is 5.32 Å². The van der Waals surface area contributed by atoms with Crippen LogP contribution in [0.15, 0.2) is 85.1 Å². The molecule has 1 heterocycles. The Morgan fingerprint density at radius 1 is 0.929 bits per heavy atom. The summed E-state index contributed by atoms with van der Waals surface area (Å²) in [5, 5.41) is 5.72. The summed E-state index contributed by atoms with van der Waals surface area (Å²) in [5.74, 6) is -0.338. The summed E-state index contributed by atoms with van der Waals surface area (Å²) in [7, 11) is 0. The number of anilines is 1. The maximum absolute atomic E-state index is 12.5. The van der Waals surface area contributed by atoms with E-state index in [0.717, 1.165) is 16.8 Å². The van der Waals surface area contributed by atoms with Crippen molar-refractivity contribution in [1.82, 2.24) is 10.3 Å². The largest absolute Gasteiger partial charge is 0.340 e. The molecule has 0 bridgehead atoms. The highest BCUT2D eigenvalue weighted by molar-refractivity contribution is 5.92. The van der Waals surface area contributed by atoms with E-state index < -0.39 is 0 Å². The summed E-state index contributed by atoms with van der Waals surface area (Å²) in [6.07, 6.45) is 4.93. The van der Waals surface area contributed by atoms with Gasteiger partial charge >= 0.3 is 0 Å². The fraction of sp³-hybridized carbons (Fsp3) is 0.0870. The van der Waals surface area contributed by atoms with E-state index in [4.69, 9.17) is 0 Å². The topological polar surface area (TPSA) is 71.1 Å². The number of nitrogens with one attached hydrogen (secondary N) is 2. The molecule has 0 aliphatic heterocycles. The van der Waals surface area contributed by atoms with Crippen LogP contribution >= 0.6 is 0 Å². The van der Waals surface area contributed by atoms with Crippen LogP contribution < -0.4 is 10.6 Å². The van der Waals surface area contributed by atoms with Crippen LogP contribution in [0, 0.1) is 0 Å². The maximum Gasteiger partial charge on any atom is 0.244 e. The number of rotatable bonds is 6. The molecule has 1 unspecified atom stereocenters. The minimum atomic E-state index is -0.332. The number of nitrogens with zero attached hydrogens (tertiary/aromatic N) is 1. The molecular weight excluding hydrogens is 350 g/mol. The molecule has 0 aliphatic carbocycles. The number of benzene rings is 2. The molecule has 1 atom stereocenters. The third-order valence-corrected chi connectivity index (χ3v) is 4.06. The Hall–Kier alpha value is -3.73. The molecule has 5 nitrogen and oxygen atoms in total. The highest BCUT2D eigenvalue weighted by atomic mass is 16.2. The molecule has 28 heavy (non-hydrogen) atoms. The lowest BCUT2D eigenvalue weighted by Crippen LogP contribution is -2.28. The first-order valence-electron chi connectivity index (χ1n) is 8.94. The molecule has 0 aliphatic rings. The van der Waals surface area contributed by atoms with Crippen LogP contribution in [0.5, 0.6) is 0 Å². The van der Waals surface area contributed by atoms with E-state index in [1.165, 1.54) is 13.0 Å². The molecule has 2 amide bonds. The number of hydrogen-bond acceptors (Lipinski definition) is 3. The summed E-state index contributed by atoms with van der Waals surface area (Å²) in [6.45, 7) is 1.46. The lowest BCUT2D eigenvalue weighted by molar-refractivity contribution is -0.117. The summed E-state index contributed by atoms with van der Waals surface area (Å²) < 4.78 is 0. The van der Waals surface area contributed by atoms with Gasteiger partial charge in [-0.25, -0.2) is 0 Å². The molecule has 3 aromatic rings. The Morgan fingerprint density at radius 3 is 2.29 bits per heavy atom. The quantitative estimate of drug-likeness (QED) is 0.644. The van der Waals surface area contributed by atoms with Crippen LogP contribution in [0.4, 0.5) is 5.69 Å². The van der Waals surface area contributed by atoms with Gasteiger partial charge in [0, 0.05) is 24.9 Å². The maximum atomic E-state index is 12.5. The zero-order valence-electron chi connectivity index (χ0n) is 15.5. The monoisotopic (exact) mass is 371 g/mol. The molecule has 5 heteroatoms. The molecule has 3 rings (SSSR count). The third kappa shape index (κ3) is 5.38. The predicted molar refractivity (Wildman–Crippen MR) is 110 cm³/mol. The fourth-order valence-electron chi connectivity index (χ4n) is 2.76. The Morgan fingerprint density at radius 2 is 1.64 bits per heavy atom. The van der Waals surface area contributed by atoms with Crippen LogP contribution in [0.25, 0.3) is 6.08 Å². The lowest BCUT2D eigenvalue weighted by atomic mass is 10.0. The highest BCUT2D eigenvalue weighted by Crippen LogP contribution is 2.20. The van der Waals surface area contributed by atoms with Gasteiger partial charge in [-0.3, -0.25) is 14.6 Å². The number of carbonyl (C=O) groups is 2. The van der Waals surface area contributed by atoms with Gasteiger partial charge in [-0.1, -0.05) is 48.5 Å². The van der Waals surface area contributed by atoms with Crippen LogP contribution in [0.2, 0.25) is 0 Å². The molecular formula is C23H21N3O2. The summed E-state index contributed by atoms with van der Waals surface area (Å²) in [6, 6.07) is 22.3. The molecule has 1 aromatic heterocycles. The first-order valence-corrected chi connectivity index (χ1v) is 8.94. The molecule has 2 N–H and O–H groups in total. The average molecular weight is 371 g/mol. The van der Waals surface area contributed by atoms with E-state index in [-0.39, 0.29) is 17.9 Å². The number of carbonyl (C=O) groups excluding carboxylic acids is 2. The SMILES string of the molecule is CC(=O)Nc1ccc(/C=C/C(=O)NC(c2ccccc2)c2ccccn2)cc1. The van der Waals surface area contributed by atoms with Crippen molar-refractivity contribution in [2.24, 2.45) is 0 Å². The highest BCUT2D eigenvalue weighted by Gasteiger charge is 2.16. The van der Waals surface area contributed by atoms with Gasteiger partial charge in [-0.2, -0.15) is 0 Å². The van der Waals surface area contributed by atoms with Gasteiger partial charge in [0.15, 0.2) is 0 Å². The number of amides is 2. The third-order valence-electron chi connectivity index (χ3n) is 4.06. The Bertz CT molecular complexity index is 913. The minimum absolute atomic E-state index is 0.121. The second-order valence-electron chi connectivity index (χ2n) is 6.24. The van der Waals surface area contributed by atoms with E-state index in [2.05, 4.69) is 15.6 Å². The first kappa shape index (κ1) is 19.0. The average Bonchev–Trinajstić information content (AvgIpc) is 2.72. The first-order chi connectivity index (χ1) is 13.6. The second-order valence-corrected chi connectivity index (χ2v) is 6.24. The molecule has 0 spiro atoms. The molecule has 140 valence electrons. The van der Waals surface area contributed by atoms with Gasteiger partial charge in [0.1, 0.15) is 0 Å². The van der Waals surface area contributed by atoms with Crippen LogP contribution in [-0.2, 0) is 9.59 Å². The summed E-state index contributed by atoms with van der Waals surface area (Å²) in [4.78, 5) is 28.0. The number of pyridine rings is 1. The van der Waals surface area contributed by atoms with E-state index in [0.29, 0.717) is 5.69 Å². The molecule has 0 saturated carbocycles. The van der Waals surface area contributed by atoms with Crippen molar-refractivity contribution in [3.8, 4) is 0 Å². The number of aromatic nitrogens is 1. The van der Waals surface area contributed by atoms with Crippen LogP contribution in [0.1, 0.15) is 29.8 Å². The van der Waals surface area contributed by atoms with E-state index in [1.807, 2.05) is 60.7 Å². The Kier molecular flexibility index (Phi) is 6.31. The van der Waals surface area contributed by atoms with E-state index in [1.54, 1.807) is 24.4 Å². The zero-order valence-corrected chi connectivity index (χ0v) is 15.5. The van der Waals surface area contributed by atoms with Gasteiger partial charge in [0.25, 0.3) is 0 Å². The van der Waals surface area contributed by atoms with Crippen molar-refractivity contribution >= 4 is 23.6 Å². The standard InChI is InChI=1S/C23H21N3O2/c1-17(27)25-20-13-10-18(11-14-20)12-15-22(28)26-23(19-7-3-2-4-8-19)21-9-5-6-16-24-21/h2-16,23H,1H3,(H,25,27)(H,26,28)/b15-12+. The summed E-state index contributed by atoms with van der Waals surface area (Å²) >= 11 is 0. The molecule has 0 fully saturated rings. The minimum Gasteiger partial charge on any atom is -0.340 e. The van der Waals surface area contributed by atoms with Crippen LogP contribution in [-0.4, -0.2) is 16.8 Å². The lowest BCUT2D eigenvalue weighted by Gasteiger charge is -2.17. The van der Waals surface area contributed by atoms with Gasteiger partial charge in [0.05, 0.1) is 11.7 Å². The van der Waals surface area contributed by atoms with Crippen molar-refractivity contribution in [3.05, 3.63) is 102 Å². The van der Waals surface area contributed by atoms with Crippen molar-refractivity contribution < 1.29 is 9.59 Å². The van der Waals surface area contributed by atoms with Gasteiger partial charge in [-0.05, 0) is 41.5 Å². The normalized spacial score (nSPS) is 11.8. The predicted octanol–water partition coefficient (Wildman–Crippen LogP) is 3.96. The van der Waals surface area contributed by atoms with Crippen LogP contribution in [0.3, 0.4) is 0 Å². The fourth-order valence-corrected chi connectivity index (χ4v) is 2.76. The summed E-state index contributed by atoms with van der Waals surface area (Å²) in [5.41, 5.74) is 3.31. The molecule has 2 aromatic carbocycles. The van der Waals surface area contributed by atoms with Crippen molar-refractivity contribution in [1.29, 1.82) is 0 Å². The number of hydrogen-bond donors (Lipinski definition) is 2. The van der Waals surface area contributed by atoms with Crippen molar-refractivity contribution in [3.63, 3.8) is 0 Å². The van der Waals surface area contributed by atoms with E-state index >= 15 is 0 Å². The Balaban J connectivity index is 1.72. The van der Waals surface area contributed by atoms with Gasteiger partial charge in [-0.15, -0.1) is 0 Å². The molecule has 0 radical (unpaired) electrons. The van der Waals surface area contributed by atoms with Gasteiger partial charge < -0.3 is 10.6 Å². The zero-order chi connectivity index (χ0) is 19.8. The van der Waals surface area contributed by atoms with Gasteiger partial charge in [0.2, 0.25) is 11.8 Å². The Labute approximate surface area is 164 Å².